The number of ether oxygens (including phenoxy) is 1. The van der Waals surface area contributed by atoms with E-state index in [0.29, 0.717) is 28.1 Å². The van der Waals surface area contributed by atoms with Crippen LogP contribution in [0.15, 0.2) is 35.9 Å². The second-order valence-electron chi connectivity index (χ2n) is 6.03. The number of fused-ring (bicyclic) bond motifs is 1. The third kappa shape index (κ3) is 3.10. The number of nitro benzene ring substituents is 1. The van der Waals surface area contributed by atoms with Crippen LogP contribution >= 0.6 is 0 Å². The average molecular weight is 338 g/mol. The van der Waals surface area contributed by atoms with Gasteiger partial charge >= 0.3 is 0 Å². The van der Waals surface area contributed by atoms with Crippen LogP contribution in [0.2, 0.25) is 0 Å². The molecule has 0 unspecified atom stereocenters. The van der Waals surface area contributed by atoms with Crippen LogP contribution in [0.1, 0.15) is 27.0 Å². The van der Waals surface area contributed by atoms with Crippen LogP contribution in [0.3, 0.4) is 0 Å². The molecule has 128 valence electrons. The first-order valence-electron chi connectivity index (χ1n) is 7.86. The van der Waals surface area contributed by atoms with E-state index in [1.807, 2.05) is 26.0 Å². The van der Waals surface area contributed by atoms with Gasteiger partial charge in [0.05, 0.1) is 10.5 Å². The second-order valence-corrected chi connectivity index (χ2v) is 6.03. The minimum absolute atomic E-state index is 0.0340. The van der Waals surface area contributed by atoms with Crippen LogP contribution in [0, 0.1) is 24.0 Å². The van der Waals surface area contributed by atoms with Gasteiger partial charge < -0.3 is 10.1 Å². The minimum Gasteiger partial charge on any atom is -0.488 e. The number of hydrogen-bond donors (Lipinski definition) is 1. The summed E-state index contributed by atoms with van der Waals surface area (Å²) in [6.45, 7) is 3.98. The highest BCUT2D eigenvalue weighted by Crippen LogP contribution is 2.32. The Morgan fingerprint density at radius 2 is 2.00 bits per heavy atom. The van der Waals surface area contributed by atoms with Crippen LogP contribution in [0.25, 0.3) is 6.08 Å². The van der Waals surface area contributed by atoms with Gasteiger partial charge in [-0.2, -0.15) is 0 Å². The Morgan fingerprint density at radius 1 is 1.24 bits per heavy atom. The number of rotatable bonds is 3. The number of aryl methyl sites for hydroxylation is 2. The molecule has 6 nitrogen and oxygen atoms in total. The van der Waals surface area contributed by atoms with E-state index >= 15 is 0 Å². The fraction of sp³-hybridized carbons (Fsp3) is 0.211. The Hall–Kier alpha value is -3.15. The molecule has 0 spiro atoms. The Labute approximate surface area is 145 Å². The van der Waals surface area contributed by atoms with E-state index in [4.69, 9.17) is 4.74 Å². The lowest BCUT2D eigenvalue weighted by Gasteiger charge is -2.21. The minimum atomic E-state index is -0.449. The molecule has 2 aromatic rings. The van der Waals surface area contributed by atoms with Gasteiger partial charge in [0, 0.05) is 18.7 Å². The number of nitrogens with zero attached hydrogens (tertiary/aromatic N) is 1. The smallest absolute Gasteiger partial charge is 0.292 e. The van der Waals surface area contributed by atoms with E-state index in [9.17, 15) is 14.9 Å². The zero-order valence-corrected chi connectivity index (χ0v) is 14.3. The lowest BCUT2D eigenvalue weighted by molar-refractivity contribution is -0.383. The molecular formula is C19H18N2O4. The van der Waals surface area contributed by atoms with Crippen molar-refractivity contribution < 1.29 is 14.5 Å². The number of anilines is 1. The molecule has 1 aliphatic rings. The van der Waals surface area contributed by atoms with Gasteiger partial charge in [-0.15, -0.1) is 0 Å². The van der Waals surface area contributed by atoms with Gasteiger partial charge in [0.15, 0.2) is 5.78 Å². The summed E-state index contributed by atoms with van der Waals surface area (Å²) in [5.41, 5.74) is 3.92. The molecule has 25 heavy (non-hydrogen) atoms. The predicted molar refractivity (Wildman–Crippen MR) is 96.4 cm³/mol. The van der Waals surface area contributed by atoms with Crippen LogP contribution in [0.4, 0.5) is 11.4 Å². The maximum Gasteiger partial charge on any atom is 0.292 e. The Balaban J connectivity index is 2.02. The zero-order chi connectivity index (χ0) is 18.1. The zero-order valence-electron chi connectivity index (χ0n) is 14.3. The average Bonchev–Trinajstić information content (AvgIpc) is 2.56. The van der Waals surface area contributed by atoms with Crippen molar-refractivity contribution in [1.29, 1.82) is 0 Å². The standard InChI is InChI=1S/C19H18N2O4/c1-11-6-12(2)18-17(7-11)25-10-14(19(18)22)8-13-4-5-15(20-3)16(9-13)21(23)24/h4-9,20H,10H2,1-3H3/b14-8-. The van der Waals surface area contributed by atoms with Gasteiger partial charge in [-0.05, 0) is 48.7 Å². The maximum absolute atomic E-state index is 12.8. The lowest BCUT2D eigenvalue weighted by atomic mass is 9.93. The molecule has 0 aliphatic carbocycles. The second kappa shape index (κ2) is 6.39. The molecule has 0 saturated heterocycles. The molecule has 0 radical (unpaired) electrons. The third-order valence-electron chi connectivity index (χ3n) is 4.17. The monoisotopic (exact) mass is 338 g/mol. The summed E-state index contributed by atoms with van der Waals surface area (Å²) < 4.78 is 5.73. The normalized spacial score (nSPS) is 14.8. The predicted octanol–water partition coefficient (Wildman–Crippen LogP) is 3.91. The molecule has 1 aliphatic heterocycles. The molecule has 1 N–H and O–H groups in total. The fourth-order valence-electron chi connectivity index (χ4n) is 3.02. The van der Waals surface area contributed by atoms with Crippen molar-refractivity contribution in [1.82, 2.24) is 0 Å². The first kappa shape index (κ1) is 16.7. The highest BCUT2D eigenvalue weighted by molar-refractivity contribution is 6.15. The molecule has 3 rings (SSSR count). The van der Waals surface area contributed by atoms with Crippen LogP contribution in [0.5, 0.6) is 5.75 Å². The quantitative estimate of drug-likeness (QED) is 0.521. The van der Waals surface area contributed by atoms with Crippen molar-refractivity contribution in [3.05, 3.63) is 68.3 Å². The molecular weight excluding hydrogens is 320 g/mol. The first-order chi connectivity index (χ1) is 11.9. The van der Waals surface area contributed by atoms with Gasteiger partial charge in [0.25, 0.3) is 5.69 Å². The summed E-state index contributed by atoms with van der Waals surface area (Å²) in [7, 11) is 1.63. The molecule has 1 heterocycles. The molecule has 0 fully saturated rings. The summed E-state index contributed by atoms with van der Waals surface area (Å²) >= 11 is 0. The highest BCUT2D eigenvalue weighted by Gasteiger charge is 2.25. The SMILES string of the molecule is CNc1ccc(/C=C2/COc3cc(C)cc(C)c3C2=O)cc1[N+](=O)[O-]. The van der Waals surface area contributed by atoms with Crippen molar-refractivity contribution in [3.8, 4) is 5.75 Å². The maximum atomic E-state index is 12.8. The summed E-state index contributed by atoms with van der Waals surface area (Å²) in [4.78, 5) is 23.5. The van der Waals surface area contributed by atoms with Crippen molar-refractivity contribution in [2.24, 2.45) is 0 Å². The number of nitrogens with one attached hydrogen (secondary N) is 1. The van der Waals surface area contributed by atoms with Gasteiger partial charge in [-0.25, -0.2) is 0 Å². The van der Waals surface area contributed by atoms with Crippen LogP contribution in [-0.2, 0) is 0 Å². The van der Waals surface area contributed by atoms with Gasteiger partial charge in [0.2, 0.25) is 0 Å². The van der Waals surface area contributed by atoms with E-state index in [1.165, 1.54) is 6.07 Å². The van der Waals surface area contributed by atoms with Gasteiger partial charge in [0.1, 0.15) is 18.0 Å². The number of benzene rings is 2. The Bertz CT molecular complexity index is 916. The van der Waals surface area contributed by atoms with Crippen molar-refractivity contribution >= 4 is 23.2 Å². The molecule has 0 aromatic heterocycles. The molecule has 0 bridgehead atoms. The number of carbonyl (C=O) groups is 1. The fourth-order valence-corrected chi connectivity index (χ4v) is 3.02. The van der Waals surface area contributed by atoms with E-state index < -0.39 is 4.92 Å². The number of carbonyl (C=O) groups excluding carboxylic acids is 1. The molecule has 0 amide bonds. The van der Waals surface area contributed by atoms with E-state index in [2.05, 4.69) is 5.32 Å². The summed E-state index contributed by atoms with van der Waals surface area (Å²) in [5, 5.41) is 14.0. The van der Waals surface area contributed by atoms with Crippen molar-refractivity contribution in [2.75, 3.05) is 19.0 Å². The van der Waals surface area contributed by atoms with Crippen molar-refractivity contribution in [3.63, 3.8) is 0 Å². The van der Waals surface area contributed by atoms with Crippen molar-refractivity contribution in [2.45, 2.75) is 13.8 Å². The summed E-state index contributed by atoms with van der Waals surface area (Å²) in [6, 6.07) is 8.60. The Morgan fingerprint density at radius 3 is 2.68 bits per heavy atom. The molecule has 0 atom stereocenters. The number of ketones is 1. The largest absolute Gasteiger partial charge is 0.488 e. The third-order valence-corrected chi connectivity index (χ3v) is 4.17. The Kier molecular flexibility index (Phi) is 4.27. The van der Waals surface area contributed by atoms with E-state index in [0.717, 1.165) is 11.1 Å². The number of Topliss-reactive ketones (excluding diaryl/α,β-unsaturated/α-hetero) is 1. The van der Waals surface area contributed by atoms with E-state index in [-0.39, 0.29) is 18.1 Å². The number of hydrogen-bond acceptors (Lipinski definition) is 5. The van der Waals surface area contributed by atoms with Crippen LogP contribution in [-0.4, -0.2) is 24.4 Å². The lowest BCUT2D eigenvalue weighted by Crippen LogP contribution is -2.20. The molecule has 6 heteroatoms. The number of nitro groups is 1. The first-order valence-corrected chi connectivity index (χ1v) is 7.86. The molecule has 2 aromatic carbocycles. The summed E-state index contributed by atoms with van der Waals surface area (Å²) in [6.07, 6.45) is 1.65. The van der Waals surface area contributed by atoms with Crippen LogP contribution < -0.4 is 10.1 Å². The summed E-state index contributed by atoms with van der Waals surface area (Å²) in [5.74, 6) is 0.496. The topological polar surface area (TPSA) is 81.5 Å². The van der Waals surface area contributed by atoms with E-state index in [1.54, 1.807) is 25.3 Å². The van der Waals surface area contributed by atoms with Gasteiger partial charge in [-0.3, -0.25) is 14.9 Å². The van der Waals surface area contributed by atoms with Gasteiger partial charge in [-0.1, -0.05) is 12.1 Å². The molecule has 0 saturated carbocycles. The highest BCUT2D eigenvalue weighted by atomic mass is 16.6.